The van der Waals surface area contributed by atoms with Gasteiger partial charge in [0.05, 0.1) is 10.5 Å². The predicted octanol–water partition coefficient (Wildman–Crippen LogP) is 1.94. The van der Waals surface area contributed by atoms with E-state index in [0.717, 1.165) is 0 Å². The number of para-hydroxylation sites is 1. The Hall–Kier alpha value is -1.23. The molecule has 1 aliphatic heterocycles. The highest BCUT2D eigenvalue weighted by molar-refractivity contribution is 9.10. The van der Waals surface area contributed by atoms with Crippen molar-refractivity contribution < 1.29 is 14.6 Å². The third-order valence-corrected chi connectivity index (χ3v) is 2.71. The highest BCUT2D eigenvalue weighted by Crippen LogP contribution is 2.32. The highest BCUT2D eigenvalue weighted by Gasteiger charge is 2.26. The number of phenols is 1. The molecule has 14 heavy (non-hydrogen) atoms. The molecule has 0 aliphatic carbocycles. The van der Waals surface area contributed by atoms with Gasteiger partial charge in [-0.3, -0.25) is 0 Å². The molecule has 5 heteroatoms. The fraction of sp³-hybridized carbons (Fsp3) is 0.222. The van der Waals surface area contributed by atoms with Gasteiger partial charge < -0.3 is 15.2 Å². The van der Waals surface area contributed by atoms with E-state index in [4.69, 9.17) is 4.74 Å². The topological polar surface area (TPSA) is 58.6 Å². The highest BCUT2D eigenvalue weighted by atomic mass is 79.9. The van der Waals surface area contributed by atoms with Gasteiger partial charge in [-0.2, -0.15) is 0 Å². The maximum atomic E-state index is 10.8. The van der Waals surface area contributed by atoms with Crippen LogP contribution >= 0.6 is 15.9 Å². The molecule has 2 rings (SSSR count). The summed E-state index contributed by atoms with van der Waals surface area (Å²) in [6.07, 6.45) is -0.450. The van der Waals surface area contributed by atoms with E-state index in [9.17, 15) is 9.90 Å². The second kappa shape index (κ2) is 3.49. The van der Waals surface area contributed by atoms with E-state index in [1.54, 1.807) is 18.2 Å². The Labute approximate surface area is 89.0 Å². The molecule has 0 bridgehead atoms. The first-order valence-corrected chi connectivity index (χ1v) is 4.88. The van der Waals surface area contributed by atoms with Crippen LogP contribution < -0.4 is 5.32 Å². The molecule has 1 aromatic rings. The van der Waals surface area contributed by atoms with Gasteiger partial charge in [0.1, 0.15) is 12.4 Å². The molecule has 2 N–H and O–H groups in total. The number of halogens is 1. The molecule has 0 spiro atoms. The van der Waals surface area contributed by atoms with Gasteiger partial charge in [-0.25, -0.2) is 4.79 Å². The smallest absolute Gasteiger partial charge is 0.407 e. The summed E-state index contributed by atoms with van der Waals surface area (Å²) in [7, 11) is 0. The van der Waals surface area contributed by atoms with Crippen molar-refractivity contribution in [2.45, 2.75) is 6.04 Å². The molecular formula is C9H8BrNO3. The molecule has 1 heterocycles. The van der Waals surface area contributed by atoms with Crippen molar-refractivity contribution in [2.24, 2.45) is 0 Å². The average molecular weight is 258 g/mol. The third-order valence-electron chi connectivity index (χ3n) is 2.07. The van der Waals surface area contributed by atoms with Gasteiger partial charge in [0.15, 0.2) is 0 Å². The van der Waals surface area contributed by atoms with Crippen molar-refractivity contribution in [3.63, 3.8) is 0 Å². The molecule has 4 nitrogen and oxygen atoms in total. The van der Waals surface area contributed by atoms with Crippen LogP contribution in [0, 0.1) is 0 Å². The van der Waals surface area contributed by atoms with E-state index >= 15 is 0 Å². The normalized spacial score (nSPS) is 20.4. The molecule has 1 amide bonds. The van der Waals surface area contributed by atoms with Crippen LogP contribution in [0.25, 0.3) is 0 Å². The zero-order valence-electron chi connectivity index (χ0n) is 7.16. The van der Waals surface area contributed by atoms with Crippen molar-refractivity contribution >= 4 is 22.0 Å². The van der Waals surface area contributed by atoms with Crippen molar-refractivity contribution in [1.82, 2.24) is 5.32 Å². The Morgan fingerprint density at radius 3 is 3.00 bits per heavy atom. The fourth-order valence-corrected chi connectivity index (χ4v) is 1.75. The lowest BCUT2D eigenvalue weighted by Gasteiger charge is -2.10. The summed E-state index contributed by atoms with van der Waals surface area (Å²) in [5.41, 5.74) is 0.658. The van der Waals surface area contributed by atoms with E-state index < -0.39 is 6.09 Å². The summed E-state index contributed by atoms with van der Waals surface area (Å²) in [4.78, 5) is 10.8. The van der Waals surface area contributed by atoms with E-state index in [2.05, 4.69) is 21.2 Å². The first-order chi connectivity index (χ1) is 6.68. The Morgan fingerprint density at radius 1 is 1.57 bits per heavy atom. The van der Waals surface area contributed by atoms with Crippen molar-refractivity contribution in [3.8, 4) is 5.75 Å². The molecule has 74 valence electrons. The van der Waals surface area contributed by atoms with Gasteiger partial charge in [-0.05, 0) is 22.0 Å². The van der Waals surface area contributed by atoms with Crippen molar-refractivity contribution in [1.29, 1.82) is 0 Å². The maximum Gasteiger partial charge on any atom is 0.407 e. The number of phenolic OH excluding ortho intramolecular Hbond substituents is 1. The number of alkyl carbamates (subject to hydrolysis) is 1. The van der Waals surface area contributed by atoms with Crippen LogP contribution in [-0.2, 0) is 4.74 Å². The number of amides is 1. The number of ether oxygens (including phenoxy) is 1. The lowest BCUT2D eigenvalue weighted by molar-refractivity contribution is 0.177. The monoisotopic (exact) mass is 257 g/mol. The minimum absolute atomic E-state index is 0.142. The molecule has 0 unspecified atom stereocenters. The van der Waals surface area contributed by atoms with Gasteiger partial charge >= 0.3 is 6.09 Å². The summed E-state index contributed by atoms with van der Waals surface area (Å²) >= 11 is 3.20. The van der Waals surface area contributed by atoms with Crippen LogP contribution in [0.1, 0.15) is 11.6 Å². The van der Waals surface area contributed by atoms with Crippen LogP contribution in [0.2, 0.25) is 0 Å². The number of carbonyl (C=O) groups is 1. The number of carbonyl (C=O) groups excluding carboxylic acids is 1. The summed E-state index contributed by atoms with van der Waals surface area (Å²) in [6.45, 7) is 0.253. The number of hydrogen-bond donors (Lipinski definition) is 2. The quantitative estimate of drug-likeness (QED) is 0.809. The van der Waals surface area contributed by atoms with E-state index in [1.807, 2.05) is 0 Å². The van der Waals surface area contributed by atoms with E-state index in [1.165, 1.54) is 0 Å². The Bertz CT molecular complexity index is 380. The standard InChI is InChI=1S/C9H8BrNO3/c10-6-3-1-2-5(8(6)12)7-4-14-9(13)11-7/h1-3,7,12H,4H2,(H,11,13)/t7-/m1/s1. The number of benzene rings is 1. The minimum Gasteiger partial charge on any atom is -0.506 e. The van der Waals surface area contributed by atoms with Gasteiger partial charge in [-0.1, -0.05) is 12.1 Å². The molecular weight excluding hydrogens is 250 g/mol. The molecule has 1 fully saturated rings. The average Bonchev–Trinajstić information content (AvgIpc) is 2.57. The number of rotatable bonds is 1. The van der Waals surface area contributed by atoms with E-state index in [0.29, 0.717) is 10.0 Å². The van der Waals surface area contributed by atoms with Gasteiger partial charge in [0.2, 0.25) is 0 Å². The Kier molecular flexibility index (Phi) is 2.33. The van der Waals surface area contributed by atoms with Gasteiger partial charge in [0, 0.05) is 5.56 Å². The lowest BCUT2D eigenvalue weighted by Crippen LogP contribution is -2.18. The number of nitrogens with one attached hydrogen (secondary N) is 1. The largest absolute Gasteiger partial charge is 0.506 e. The van der Waals surface area contributed by atoms with Gasteiger partial charge in [0.25, 0.3) is 0 Å². The first-order valence-electron chi connectivity index (χ1n) is 4.09. The zero-order valence-corrected chi connectivity index (χ0v) is 8.74. The summed E-state index contributed by atoms with van der Waals surface area (Å²) in [6, 6.07) is 5.01. The zero-order chi connectivity index (χ0) is 10.1. The Morgan fingerprint density at radius 2 is 2.36 bits per heavy atom. The van der Waals surface area contributed by atoms with Gasteiger partial charge in [-0.15, -0.1) is 0 Å². The van der Waals surface area contributed by atoms with Crippen molar-refractivity contribution in [3.05, 3.63) is 28.2 Å². The molecule has 0 aromatic heterocycles. The van der Waals surface area contributed by atoms with E-state index in [-0.39, 0.29) is 18.4 Å². The number of hydrogen-bond acceptors (Lipinski definition) is 3. The van der Waals surface area contributed by atoms with Crippen LogP contribution in [0.3, 0.4) is 0 Å². The summed E-state index contributed by atoms with van der Waals surface area (Å²) in [5, 5.41) is 12.3. The second-order valence-corrected chi connectivity index (χ2v) is 3.83. The fourth-order valence-electron chi connectivity index (χ4n) is 1.37. The summed E-state index contributed by atoms with van der Waals surface area (Å²) in [5.74, 6) is 0.142. The molecule has 1 atom stereocenters. The van der Waals surface area contributed by atoms with Crippen LogP contribution in [-0.4, -0.2) is 17.8 Å². The lowest BCUT2D eigenvalue weighted by atomic mass is 10.1. The first kappa shape index (κ1) is 9.33. The predicted molar refractivity (Wildman–Crippen MR) is 53.0 cm³/mol. The molecule has 1 aliphatic rings. The Balaban J connectivity index is 2.32. The maximum absolute atomic E-state index is 10.8. The molecule has 0 radical (unpaired) electrons. The van der Waals surface area contributed by atoms with Crippen LogP contribution in [0.15, 0.2) is 22.7 Å². The third kappa shape index (κ3) is 1.55. The van der Waals surface area contributed by atoms with Crippen molar-refractivity contribution in [2.75, 3.05) is 6.61 Å². The molecule has 1 aromatic carbocycles. The molecule has 0 saturated carbocycles. The van der Waals surface area contributed by atoms with Crippen LogP contribution in [0.5, 0.6) is 5.75 Å². The van der Waals surface area contributed by atoms with Crippen LogP contribution in [0.4, 0.5) is 4.79 Å². The SMILES string of the molecule is O=C1N[C@@H](c2cccc(Br)c2O)CO1. The minimum atomic E-state index is -0.450. The number of cyclic esters (lactones) is 1. The molecule has 1 saturated heterocycles. The summed E-state index contributed by atoms with van der Waals surface area (Å²) < 4.78 is 5.35. The second-order valence-electron chi connectivity index (χ2n) is 2.97. The number of aromatic hydroxyl groups is 1.